The van der Waals surface area contributed by atoms with E-state index in [0.29, 0.717) is 24.1 Å². The topological polar surface area (TPSA) is 251 Å². The summed E-state index contributed by atoms with van der Waals surface area (Å²) in [6.45, 7) is 0. The van der Waals surface area contributed by atoms with Crippen LogP contribution in [0.15, 0.2) is 78.3 Å². The Morgan fingerprint density at radius 1 is 0.750 bits per heavy atom. The Morgan fingerprint density at radius 3 is 2.10 bits per heavy atom. The summed E-state index contributed by atoms with van der Waals surface area (Å²) in [5, 5.41) is 52.9. The van der Waals surface area contributed by atoms with Gasteiger partial charge in [0.05, 0.1) is 40.1 Å². The quantitative estimate of drug-likeness (QED) is 0.0432. The second kappa shape index (κ2) is 11.8. The zero-order valence-corrected chi connectivity index (χ0v) is 22.4. The van der Waals surface area contributed by atoms with E-state index in [-0.39, 0.29) is 37.0 Å². The maximum Gasteiger partial charge on any atom is 0.296 e. The molecule has 212 valence electrons. The van der Waals surface area contributed by atoms with Gasteiger partial charge in [0.25, 0.3) is 20.2 Å². The third kappa shape index (κ3) is 6.43. The van der Waals surface area contributed by atoms with Gasteiger partial charge in [0.1, 0.15) is 16.3 Å². The molecule has 4 aromatic carbocycles. The summed E-state index contributed by atoms with van der Waals surface area (Å²) in [6.07, 6.45) is 0. The predicted molar refractivity (Wildman–Crippen MR) is 136 cm³/mol. The van der Waals surface area contributed by atoms with E-state index in [0.717, 1.165) is 24.3 Å². The van der Waals surface area contributed by atoms with Crippen LogP contribution in [-0.2, 0) is 39.0 Å². The number of fused-ring (bicyclic) bond motifs is 2. The monoisotopic (exact) mass is 634 g/mol. The van der Waals surface area contributed by atoms with Crippen LogP contribution in [0.1, 0.15) is 0 Å². The Kier molecular flexibility index (Phi) is 8.79. The zero-order chi connectivity index (χ0) is 29.2. The van der Waals surface area contributed by atoms with Crippen LogP contribution >= 0.6 is 24.1 Å². The number of benzene rings is 4. The summed E-state index contributed by atoms with van der Waals surface area (Å²) in [5.74, 6) is -1.41. The standard InChI is InChI=1S/C20H14N2O14S4/c23-15-7-12(37-35-33-25)3-10-5-17(40(30,31)32)19(20(24)18(10)15)22-21-11-2-1-9-4-13(39(27,28)29)8-16(14(9)6-11)38-36-34-26/h1-8,23-26H,(H,27,28,29)(H,30,31,32). The lowest BCUT2D eigenvalue weighted by atomic mass is 10.1. The van der Waals surface area contributed by atoms with Gasteiger partial charge in [0.15, 0.2) is 5.75 Å². The molecular formula is C20H14N2O14S4. The van der Waals surface area contributed by atoms with Crippen LogP contribution in [0.5, 0.6) is 11.5 Å². The Balaban J connectivity index is 1.86. The number of hydrogen-bond donors (Lipinski definition) is 6. The van der Waals surface area contributed by atoms with Gasteiger partial charge >= 0.3 is 0 Å². The molecule has 0 saturated carbocycles. The summed E-state index contributed by atoms with van der Waals surface area (Å²) in [7, 11) is -9.62. The maximum atomic E-state index is 12.1. The fourth-order valence-corrected chi connectivity index (χ4v) is 5.82. The van der Waals surface area contributed by atoms with Crippen LogP contribution in [0.3, 0.4) is 0 Å². The van der Waals surface area contributed by atoms with Crippen molar-refractivity contribution in [1.82, 2.24) is 0 Å². The minimum atomic E-state index is -5.00. The molecular weight excluding hydrogens is 620 g/mol. The predicted octanol–water partition coefficient (Wildman–Crippen LogP) is 5.17. The fraction of sp³-hybridized carbons (Fsp3) is 0. The van der Waals surface area contributed by atoms with Crippen LogP contribution in [0.2, 0.25) is 0 Å². The first-order chi connectivity index (χ1) is 18.8. The molecule has 0 amide bonds. The molecule has 6 N–H and O–H groups in total. The summed E-state index contributed by atoms with van der Waals surface area (Å²) < 4.78 is 75.3. The third-order valence-electron chi connectivity index (χ3n) is 5.13. The second-order valence-electron chi connectivity index (χ2n) is 7.54. The molecule has 0 spiro atoms. The van der Waals surface area contributed by atoms with Crippen molar-refractivity contribution in [1.29, 1.82) is 0 Å². The molecule has 0 unspecified atom stereocenters. The SMILES string of the molecule is O=S(=O)(O)c1cc(SOOO)c2cc(N=Nc3c(S(=O)(=O)O)cc4cc(SOOO)cc(O)c4c3O)ccc2c1. The minimum absolute atomic E-state index is 0.0248. The molecule has 0 fully saturated rings. The molecule has 4 rings (SSSR count). The highest BCUT2D eigenvalue weighted by atomic mass is 32.2. The molecule has 4 aromatic rings. The Hall–Kier alpha value is -3.12. The van der Waals surface area contributed by atoms with Crippen molar-refractivity contribution >= 4 is 77.2 Å². The van der Waals surface area contributed by atoms with E-state index >= 15 is 0 Å². The van der Waals surface area contributed by atoms with Gasteiger partial charge < -0.3 is 10.2 Å². The third-order valence-corrected chi connectivity index (χ3v) is 8.03. The highest BCUT2D eigenvalue weighted by molar-refractivity contribution is 7.95. The van der Waals surface area contributed by atoms with Gasteiger partial charge in [-0.3, -0.25) is 9.11 Å². The molecule has 0 bridgehead atoms. The normalized spacial score (nSPS) is 12.6. The van der Waals surface area contributed by atoms with Crippen molar-refractivity contribution in [2.75, 3.05) is 0 Å². The van der Waals surface area contributed by atoms with Gasteiger partial charge in [-0.2, -0.15) is 21.9 Å². The minimum Gasteiger partial charge on any atom is -0.507 e. The van der Waals surface area contributed by atoms with Gasteiger partial charge in [-0.05, 0) is 58.6 Å². The van der Waals surface area contributed by atoms with Crippen molar-refractivity contribution < 1.29 is 65.4 Å². The largest absolute Gasteiger partial charge is 0.507 e. The van der Waals surface area contributed by atoms with Crippen molar-refractivity contribution in [3.63, 3.8) is 0 Å². The lowest BCUT2D eigenvalue weighted by molar-refractivity contribution is -0.432. The highest BCUT2D eigenvalue weighted by Gasteiger charge is 2.24. The first-order valence-corrected chi connectivity index (χ1v) is 14.5. The molecule has 20 heteroatoms. The fourth-order valence-electron chi connectivity index (χ4n) is 3.56. The summed E-state index contributed by atoms with van der Waals surface area (Å²) in [6, 6.07) is 9.43. The zero-order valence-electron chi connectivity index (χ0n) is 19.1. The second-order valence-corrected chi connectivity index (χ2v) is 11.9. The number of nitrogens with zero attached hydrogens (tertiary/aromatic N) is 2. The van der Waals surface area contributed by atoms with Crippen LogP contribution in [-0.4, -0.2) is 46.7 Å². The number of azo groups is 1. The number of rotatable bonds is 10. The van der Waals surface area contributed by atoms with Crippen molar-refractivity contribution in [2.45, 2.75) is 19.6 Å². The van der Waals surface area contributed by atoms with Crippen LogP contribution in [0.25, 0.3) is 21.5 Å². The van der Waals surface area contributed by atoms with Gasteiger partial charge in [0, 0.05) is 9.79 Å². The number of hydrogen-bond acceptors (Lipinski definition) is 16. The first-order valence-electron chi connectivity index (χ1n) is 10.1. The smallest absolute Gasteiger partial charge is 0.296 e. The van der Waals surface area contributed by atoms with E-state index < -0.39 is 47.2 Å². The molecule has 0 aliphatic rings. The molecule has 0 atom stereocenters. The van der Waals surface area contributed by atoms with E-state index in [9.17, 15) is 36.2 Å². The van der Waals surface area contributed by atoms with Crippen LogP contribution in [0, 0.1) is 0 Å². The molecule has 0 radical (unpaired) electrons. The highest BCUT2D eigenvalue weighted by Crippen LogP contribution is 2.46. The maximum absolute atomic E-state index is 12.1. The van der Waals surface area contributed by atoms with Crippen molar-refractivity contribution in [3.05, 3.63) is 48.5 Å². The average Bonchev–Trinajstić information content (AvgIpc) is 2.88. The molecule has 0 saturated heterocycles. The van der Waals surface area contributed by atoms with Crippen LogP contribution < -0.4 is 0 Å². The molecule has 0 aromatic heterocycles. The number of phenolic OH excluding ortho intramolecular Hbond substituents is 2. The van der Waals surface area contributed by atoms with Gasteiger partial charge in [0.2, 0.25) is 0 Å². The Bertz CT molecular complexity index is 1860. The molecule has 0 aliphatic carbocycles. The summed E-state index contributed by atoms with van der Waals surface area (Å²) in [4.78, 5) is -1.20. The van der Waals surface area contributed by atoms with Crippen LogP contribution in [0.4, 0.5) is 11.4 Å². The molecule has 16 nitrogen and oxygen atoms in total. The summed E-state index contributed by atoms with van der Waals surface area (Å²) in [5.41, 5.74) is -0.703. The number of phenols is 2. The van der Waals surface area contributed by atoms with E-state index in [1.165, 1.54) is 24.3 Å². The van der Waals surface area contributed by atoms with Gasteiger partial charge in [-0.1, -0.05) is 16.1 Å². The lowest BCUT2D eigenvalue weighted by Gasteiger charge is -2.11. The first kappa shape index (κ1) is 29.9. The van der Waals surface area contributed by atoms with Gasteiger partial charge in [-0.25, -0.2) is 10.5 Å². The Labute approximate surface area is 232 Å². The van der Waals surface area contributed by atoms with E-state index in [4.69, 9.17) is 10.5 Å². The Morgan fingerprint density at radius 2 is 1.45 bits per heavy atom. The summed E-state index contributed by atoms with van der Waals surface area (Å²) >= 11 is 0.830. The van der Waals surface area contributed by atoms with Crippen molar-refractivity contribution in [3.8, 4) is 11.5 Å². The van der Waals surface area contributed by atoms with Crippen molar-refractivity contribution in [2.24, 2.45) is 10.2 Å². The average molecular weight is 635 g/mol. The van der Waals surface area contributed by atoms with E-state index in [1.807, 2.05) is 0 Å². The molecule has 0 aliphatic heterocycles. The number of aromatic hydroxyl groups is 2. The van der Waals surface area contributed by atoms with Gasteiger partial charge in [-0.15, -0.1) is 13.8 Å². The van der Waals surface area contributed by atoms with E-state index in [2.05, 4.69) is 29.0 Å². The molecule has 0 heterocycles. The lowest BCUT2D eigenvalue weighted by Crippen LogP contribution is -1.99. The van der Waals surface area contributed by atoms with E-state index in [1.54, 1.807) is 0 Å². The molecule has 40 heavy (non-hydrogen) atoms.